The molecule has 1 atom stereocenters. The molecule has 0 nitrogen and oxygen atoms in total. The minimum absolute atomic E-state index is 1.01. The quantitative estimate of drug-likeness (QED) is 0.503. The third-order valence-corrected chi connectivity index (χ3v) is 6.96. The average molecular weight is 297 g/mol. The predicted molar refractivity (Wildman–Crippen MR) is 93.6 cm³/mol. The van der Waals surface area contributed by atoms with E-state index in [4.69, 9.17) is 0 Å². The molecule has 0 spiro atoms. The van der Waals surface area contributed by atoms with Crippen molar-refractivity contribution >= 4 is 11.8 Å². The normalized spacial score (nSPS) is 29.7. The maximum Gasteiger partial charge on any atom is 0.00753 e. The largest absolute Gasteiger partial charge is 0.158 e. The van der Waals surface area contributed by atoms with Crippen LogP contribution in [-0.2, 0) is 0 Å². The van der Waals surface area contributed by atoms with Gasteiger partial charge in [-0.15, -0.1) is 0 Å². The lowest BCUT2D eigenvalue weighted by Crippen LogP contribution is -2.19. The molecular formula is C19H36S. The van der Waals surface area contributed by atoms with Gasteiger partial charge in [0.15, 0.2) is 0 Å². The van der Waals surface area contributed by atoms with Crippen LogP contribution in [-0.4, -0.2) is 11.0 Å². The summed E-state index contributed by atoms with van der Waals surface area (Å²) in [5, 5.41) is 1.01. The summed E-state index contributed by atoms with van der Waals surface area (Å²) < 4.78 is 0. The monoisotopic (exact) mass is 296 g/mol. The van der Waals surface area contributed by atoms with E-state index < -0.39 is 0 Å². The lowest BCUT2D eigenvalue weighted by Gasteiger charge is -2.28. The topological polar surface area (TPSA) is 0 Å². The van der Waals surface area contributed by atoms with E-state index in [0.717, 1.165) is 11.2 Å². The fourth-order valence-corrected chi connectivity index (χ4v) is 5.61. The standard InChI is InChI=1S/C19H36S/c1-2-6-10-14-18(15-11-7-3-1)19-16-12-8-4-5-9-13-17-20-19/h18-19H,1-17H2. The van der Waals surface area contributed by atoms with Crippen molar-refractivity contribution in [2.45, 2.75) is 108 Å². The van der Waals surface area contributed by atoms with Crippen LogP contribution in [0.2, 0.25) is 0 Å². The van der Waals surface area contributed by atoms with Crippen LogP contribution in [0.4, 0.5) is 0 Å². The van der Waals surface area contributed by atoms with E-state index in [-0.39, 0.29) is 0 Å². The van der Waals surface area contributed by atoms with Crippen LogP contribution in [0.3, 0.4) is 0 Å². The Morgan fingerprint density at radius 1 is 0.450 bits per heavy atom. The Labute approximate surface area is 131 Å². The zero-order valence-corrected chi connectivity index (χ0v) is 14.4. The molecule has 1 heteroatoms. The van der Waals surface area contributed by atoms with Crippen LogP contribution >= 0.6 is 11.8 Å². The summed E-state index contributed by atoms with van der Waals surface area (Å²) in [6.07, 6.45) is 24.1. The molecule has 2 fully saturated rings. The van der Waals surface area contributed by atoms with Gasteiger partial charge in [-0.2, -0.15) is 11.8 Å². The average Bonchev–Trinajstić information content (AvgIpc) is 2.50. The number of hydrogen-bond donors (Lipinski definition) is 0. The number of thioether (sulfide) groups is 1. The molecule has 2 aliphatic rings. The first-order valence-electron chi connectivity index (χ1n) is 9.58. The second-order valence-electron chi connectivity index (χ2n) is 7.13. The number of hydrogen-bond acceptors (Lipinski definition) is 1. The second kappa shape index (κ2) is 11.0. The van der Waals surface area contributed by atoms with Crippen LogP contribution in [0, 0.1) is 5.92 Å². The predicted octanol–water partition coefficient (Wildman–Crippen LogP) is 6.97. The highest BCUT2D eigenvalue weighted by molar-refractivity contribution is 7.99. The Morgan fingerprint density at radius 2 is 0.900 bits per heavy atom. The molecule has 1 heterocycles. The third kappa shape index (κ3) is 6.87. The van der Waals surface area contributed by atoms with Crippen molar-refractivity contribution in [3.63, 3.8) is 0 Å². The first-order chi connectivity index (χ1) is 9.97. The van der Waals surface area contributed by atoms with Gasteiger partial charge in [0.2, 0.25) is 0 Å². The van der Waals surface area contributed by atoms with Gasteiger partial charge in [-0.1, -0.05) is 77.0 Å². The van der Waals surface area contributed by atoms with E-state index in [1.807, 2.05) is 0 Å². The van der Waals surface area contributed by atoms with Gasteiger partial charge >= 0.3 is 0 Å². The first-order valence-corrected chi connectivity index (χ1v) is 10.6. The molecule has 1 aliphatic heterocycles. The lowest BCUT2D eigenvalue weighted by atomic mass is 9.88. The van der Waals surface area contributed by atoms with E-state index in [1.54, 1.807) is 0 Å². The molecule has 1 saturated carbocycles. The SMILES string of the molecule is C1CCCCC(C2CCCCCCCCS2)CCCC1. The fourth-order valence-electron chi connectivity index (χ4n) is 4.06. The Morgan fingerprint density at radius 3 is 1.50 bits per heavy atom. The smallest absolute Gasteiger partial charge is 0.00753 e. The fraction of sp³-hybridized carbons (Fsp3) is 1.00. The second-order valence-corrected chi connectivity index (χ2v) is 8.48. The molecule has 0 aromatic rings. The molecule has 0 aromatic heterocycles. The van der Waals surface area contributed by atoms with Crippen molar-refractivity contribution in [1.82, 2.24) is 0 Å². The summed E-state index contributed by atoms with van der Waals surface area (Å²) in [6, 6.07) is 0. The van der Waals surface area contributed by atoms with Crippen molar-refractivity contribution in [2.24, 2.45) is 5.92 Å². The minimum Gasteiger partial charge on any atom is -0.158 e. The van der Waals surface area contributed by atoms with Crippen LogP contribution in [0.1, 0.15) is 103 Å². The van der Waals surface area contributed by atoms with E-state index in [1.165, 1.54) is 108 Å². The maximum absolute atomic E-state index is 2.35. The van der Waals surface area contributed by atoms with Crippen LogP contribution in [0.25, 0.3) is 0 Å². The molecule has 0 N–H and O–H groups in total. The van der Waals surface area contributed by atoms with Gasteiger partial charge in [0.25, 0.3) is 0 Å². The molecule has 0 amide bonds. The van der Waals surface area contributed by atoms with Gasteiger partial charge in [-0.25, -0.2) is 0 Å². The Kier molecular flexibility index (Phi) is 9.18. The summed E-state index contributed by atoms with van der Waals surface area (Å²) in [6.45, 7) is 0. The van der Waals surface area contributed by atoms with Gasteiger partial charge in [-0.3, -0.25) is 0 Å². The van der Waals surface area contributed by atoms with Gasteiger partial charge in [0.1, 0.15) is 0 Å². The van der Waals surface area contributed by atoms with Crippen molar-refractivity contribution < 1.29 is 0 Å². The van der Waals surface area contributed by atoms with E-state index >= 15 is 0 Å². The maximum atomic E-state index is 2.35. The highest BCUT2D eigenvalue weighted by Gasteiger charge is 2.21. The molecule has 20 heavy (non-hydrogen) atoms. The minimum atomic E-state index is 1.01. The van der Waals surface area contributed by atoms with E-state index in [2.05, 4.69) is 11.8 Å². The van der Waals surface area contributed by atoms with Crippen LogP contribution < -0.4 is 0 Å². The molecule has 1 unspecified atom stereocenters. The van der Waals surface area contributed by atoms with Gasteiger partial charge in [0, 0.05) is 5.25 Å². The Bertz CT molecular complexity index is 182. The molecular weight excluding hydrogens is 260 g/mol. The van der Waals surface area contributed by atoms with Crippen LogP contribution in [0.15, 0.2) is 0 Å². The summed E-state index contributed by atoms with van der Waals surface area (Å²) in [5.41, 5.74) is 0. The summed E-state index contributed by atoms with van der Waals surface area (Å²) in [7, 11) is 0. The molecule has 0 bridgehead atoms. The Balaban J connectivity index is 1.81. The van der Waals surface area contributed by atoms with Crippen LogP contribution in [0.5, 0.6) is 0 Å². The summed E-state index contributed by atoms with van der Waals surface area (Å²) in [4.78, 5) is 0. The van der Waals surface area contributed by atoms with E-state index in [0.29, 0.717) is 0 Å². The van der Waals surface area contributed by atoms with E-state index in [9.17, 15) is 0 Å². The summed E-state index contributed by atoms with van der Waals surface area (Å²) in [5.74, 6) is 2.50. The van der Waals surface area contributed by atoms with Gasteiger partial charge < -0.3 is 0 Å². The molecule has 0 aromatic carbocycles. The van der Waals surface area contributed by atoms with Gasteiger partial charge in [0.05, 0.1) is 0 Å². The zero-order valence-electron chi connectivity index (χ0n) is 13.6. The molecule has 0 radical (unpaired) electrons. The first kappa shape index (κ1) is 16.7. The molecule has 2 rings (SSSR count). The van der Waals surface area contributed by atoms with Crippen molar-refractivity contribution in [1.29, 1.82) is 0 Å². The van der Waals surface area contributed by atoms with Gasteiger partial charge in [-0.05, 0) is 37.4 Å². The number of rotatable bonds is 1. The van der Waals surface area contributed by atoms with Crippen molar-refractivity contribution in [3.05, 3.63) is 0 Å². The highest BCUT2D eigenvalue weighted by Crippen LogP contribution is 2.34. The lowest BCUT2D eigenvalue weighted by molar-refractivity contribution is 0.364. The Hall–Kier alpha value is 0.350. The molecule has 1 aliphatic carbocycles. The molecule has 118 valence electrons. The third-order valence-electron chi connectivity index (χ3n) is 5.39. The molecule has 1 saturated heterocycles. The highest BCUT2D eigenvalue weighted by atomic mass is 32.2. The zero-order chi connectivity index (χ0) is 13.9. The van der Waals surface area contributed by atoms with Crippen molar-refractivity contribution in [2.75, 3.05) is 5.75 Å². The summed E-state index contributed by atoms with van der Waals surface area (Å²) >= 11 is 2.35. The van der Waals surface area contributed by atoms with Crippen molar-refractivity contribution in [3.8, 4) is 0 Å².